The van der Waals surface area contributed by atoms with Gasteiger partial charge in [0.15, 0.2) is 5.13 Å². The van der Waals surface area contributed by atoms with Gasteiger partial charge in [-0.3, -0.25) is 4.79 Å². The molecule has 0 unspecified atom stereocenters. The lowest BCUT2D eigenvalue weighted by Crippen LogP contribution is -2.22. The van der Waals surface area contributed by atoms with Crippen molar-refractivity contribution in [2.75, 3.05) is 25.0 Å². The van der Waals surface area contributed by atoms with E-state index in [0.29, 0.717) is 13.1 Å². The zero-order valence-electron chi connectivity index (χ0n) is 9.45. The number of carbonyl (C=O) groups excluding carboxylic acids is 1. The van der Waals surface area contributed by atoms with Crippen LogP contribution in [-0.4, -0.2) is 30.5 Å². The second-order valence-corrected chi connectivity index (χ2v) is 4.30. The SMILES string of the molecule is CC(=O)NCCCNc1nc(CCN)cs1. The fourth-order valence-corrected chi connectivity index (χ4v) is 1.97. The normalized spacial score (nSPS) is 10.1. The summed E-state index contributed by atoms with van der Waals surface area (Å²) in [5.74, 6) is 0.0134. The first-order valence-electron chi connectivity index (χ1n) is 5.35. The minimum atomic E-state index is 0.0134. The molecular formula is C10H18N4OS. The van der Waals surface area contributed by atoms with Gasteiger partial charge in [-0.2, -0.15) is 0 Å². The molecule has 0 aromatic carbocycles. The van der Waals surface area contributed by atoms with Crippen molar-refractivity contribution in [3.8, 4) is 0 Å². The van der Waals surface area contributed by atoms with E-state index < -0.39 is 0 Å². The summed E-state index contributed by atoms with van der Waals surface area (Å²) in [6.07, 6.45) is 1.72. The fourth-order valence-electron chi connectivity index (χ4n) is 1.20. The van der Waals surface area contributed by atoms with Crippen LogP contribution in [0.5, 0.6) is 0 Å². The third kappa shape index (κ3) is 5.09. The minimum absolute atomic E-state index is 0.0134. The number of anilines is 1. The van der Waals surface area contributed by atoms with Gasteiger partial charge >= 0.3 is 0 Å². The highest BCUT2D eigenvalue weighted by atomic mass is 32.1. The third-order valence-corrected chi connectivity index (χ3v) is 2.80. The zero-order chi connectivity index (χ0) is 11.8. The molecule has 0 aliphatic heterocycles. The van der Waals surface area contributed by atoms with Gasteiger partial charge in [-0.15, -0.1) is 11.3 Å². The topological polar surface area (TPSA) is 80.0 Å². The Balaban J connectivity index is 2.14. The molecule has 1 aromatic heterocycles. The van der Waals surface area contributed by atoms with Gasteiger partial charge in [0.2, 0.25) is 5.91 Å². The Bertz CT molecular complexity index is 326. The Morgan fingerprint density at radius 1 is 1.56 bits per heavy atom. The molecule has 4 N–H and O–H groups in total. The molecule has 1 aromatic rings. The quantitative estimate of drug-likeness (QED) is 0.611. The van der Waals surface area contributed by atoms with Crippen molar-refractivity contribution in [1.82, 2.24) is 10.3 Å². The van der Waals surface area contributed by atoms with Crippen molar-refractivity contribution >= 4 is 22.4 Å². The van der Waals surface area contributed by atoms with Crippen molar-refractivity contribution in [3.05, 3.63) is 11.1 Å². The number of nitrogens with one attached hydrogen (secondary N) is 2. The van der Waals surface area contributed by atoms with Crippen LogP contribution in [0.4, 0.5) is 5.13 Å². The van der Waals surface area contributed by atoms with Gasteiger partial charge in [0.25, 0.3) is 0 Å². The summed E-state index contributed by atoms with van der Waals surface area (Å²) in [5.41, 5.74) is 6.48. The van der Waals surface area contributed by atoms with Crippen LogP contribution in [0.2, 0.25) is 0 Å². The average Bonchev–Trinajstić information content (AvgIpc) is 2.65. The van der Waals surface area contributed by atoms with E-state index in [-0.39, 0.29) is 5.91 Å². The number of hydrogen-bond donors (Lipinski definition) is 3. The molecule has 1 amide bonds. The van der Waals surface area contributed by atoms with Crippen molar-refractivity contribution in [2.24, 2.45) is 5.73 Å². The highest BCUT2D eigenvalue weighted by Gasteiger charge is 2.00. The standard InChI is InChI=1S/C10H18N4OS/c1-8(15)12-5-2-6-13-10-14-9(3-4-11)7-16-10/h7H,2-6,11H2,1H3,(H,12,15)(H,13,14). The van der Waals surface area contributed by atoms with Gasteiger partial charge in [-0.25, -0.2) is 4.98 Å². The van der Waals surface area contributed by atoms with Gasteiger partial charge in [0.1, 0.15) is 0 Å². The van der Waals surface area contributed by atoms with E-state index in [2.05, 4.69) is 15.6 Å². The molecule has 0 spiro atoms. The highest BCUT2D eigenvalue weighted by molar-refractivity contribution is 7.13. The molecular weight excluding hydrogens is 224 g/mol. The van der Waals surface area contributed by atoms with Gasteiger partial charge in [0, 0.05) is 31.8 Å². The number of hydrogen-bond acceptors (Lipinski definition) is 5. The van der Waals surface area contributed by atoms with E-state index in [0.717, 1.165) is 30.2 Å². The third-order valence-electron chi connectivity index (χ3n) is 1.96. The second-order valence-electron chi connectivity index (χ2n) is 3.45. The fraction of sp³-hybridized carbons (Fsp3) is 0.600. The molecule has 0 radical (unpaired) electrons. The van der Waals surface area contributed by atoms with Crippen LogP contribution in [0.1, 0.15) is 19.0 Å². The number of thiazole rings is 1. The summed E-state index contributed by atoms with van der Waals surface area (Å²) < 4.78 is 0. The molecule has 5 nitrogen and oxygen atoms in total. The number of nitrogens with zero attached hydrogens (tertiary/aromatic N) is 1. The lowest BCUT2D eigenvalue weighted by molar-refractivity contribution is -0.118. The molecule has 0 aliphatic rings. The van der Waals surface area contributed by atoms with Gasteiger partial charge in [-0.05, 0) is 13.0 Å². The smallest absolute Gasteiger partial charge is 0.216 e. The summed E-state index contributed by atoms with van der Waals surface area (Å²) in [7, 11) is 0. The molecule has 0 aliphatic carbocycles. The summed E-state index contributed by atoms with van der Waals surface area (Å²) in [4.78, 5) is 15.0. The zero-order valence-corrected chi connectivity index (χ0v) is 10.3. The van der Waals surface area contributed by atoms with Gasteiger partial charge in [-0.1, -0.05) is 0 Å². The molecule has 0 saturated carbocycles. The maximum Gasteiger partial charge on any atom is 0.216 e. The first-order chi connectivity index (χ1) is 7.72. The number of amides is 1. The van der Waals surface area contributed by atoms with E-state index in [9.17, 15) is 4.79 Å². The second kappa shape index (κ2) is 7.19. The van der Waals surface area contributed by atoms with Crippen LogP contribution in [0, 0.1) is 0 Å². The molecule has 0 saturated heterocycles. The first-order valence-corrected chi connectivity index (χ1v) is 6.23. The van der Waals surface area contributed by atoms with Crippen molar-refractivity contribution in [3.63, 3.8) is 0 Å². The van der Waals surface area contributed by atoms with E-state index in [1.54, 1.807) is 11.3 Å². The summed E-state index contributed by atoms with van der Waals surface area (Å²) >= 11 is 1.59. The maximum absolute atomic E-state index is 10.6. The lowest BCUT2D eigenvalue weighted by Gasteiger charge is -2.03. The average molecular weight is 242 g/mol. The molecule has 0 atom stereocenters. The molecule has 6 heteroatoms. The molecule has 16 heavy (non-hydrogen) atoms. The lowest BCUT2D eigenvalue weighted by atomic mass is 10.3. The monoisotopic (exact) mass is 242 g/mol. The summed E-state index contributed by atoms with van der Waals surface area (Å²) in [5, 5.41) is 8.90. The molecule has 0 fully saturated rings. The molecule has 1 rings (SSSR count). The van der Waals surface area contributed by atoms with Crippen molar-refractivity contribution in [2.45, 2.75) is 19.8 Å². The minimum Gasteiger partial charge on any atom is -0.361 e. The molecule has 1 heterocycles. The van der Waals surface area contributed by atoms with Crippen molar-refractivity contribution in [1.29, 1.82) is 0 Å². The van der Waals surface area contributed by atoms with E-state index in [1.807, 2.05) is 5.38 Å². The summed E-state index contributed by atoms with van der Waals surface area (Å²) in [6.45, 7) is 3.66. The van der Waals surface area contributed by atoms with Crippen LogP contribution < -0.4 is 16.4 Å². The van der Waals surface area contributed by atoms with Gasteiger partial charge < -0.3 is 16.4 Å². The van der Waals surface area contributed by atoms with Crippen LogP contribution >= 0.6 is 11.3 Å². The Labute approximate surface area is 99.4 Å². The largest absolute Gasteiger partial charge is 0.361 e. The van der Waals surface area contributed by atoms with Gasteiger partial charge in [0.05, 0.1) is 5.69 Å². The number of carbonyl (C=O) groups is 1. The Morgan fingerprint density at radius 2 is 2.38 bits per heavy atom. The molecule has 90 valence electrons. The van der Waals surface area contributed by atoms with E-state index >= 15 is 0 Å². The van der Waals surface area contributed by atoms with Crippen LogP contribution in [0.15, 0.2) is 5.38 Å². The number of rotatable bonds is 7. The maximum atomic E-state index is 10.6. The Morgan fingerprint density at radius 3 is 3.06 bits per heavy atom. The van der Waals surface area contributed by atoms with Crippen LogP contribution in [-0.2, 0) is 11.2 Å². The van der Waals surface area contributed by atoms with E-state index in [4.69, 9.17) is 5.73 Å². The van der Waals surface area contributed by atoms with E-state index in [1.165, 1.54) is 6.92 Å². The van der Waals surface area contributed by atoms with Crippen molar-refractivity contribution < 1.29 is 4.79 Å². The summed E-state index contributed by atoms with van der Waals surface area (Å²) in [6, 6.07) is 0. The highest BCUT2D eigenvalue weighted by Crippen LogP contribution is 2.15. The van der Waals surface area contributed by atoms with Crippen LogP contribution in [0.3, 0.4) is 0 Å². The predicted molar refractivity (Wildman–Crippen MR) is 66.7 cm³/mol. The number of nitrogens with two attached hydrogens (primary N) is 1. The Kier molecular flexibility index (Phi) is 5.81. The number of aromatic nitrogens is 1. The molecule has 0 bridgehead atoms. The van der Waals surface area contributed by atoms with Crippen LogP contribution in [0.25, 0.3) is 0 Å². The first kappa shape index (κ1) is 12.9. The Hall–Kier alpha value is -1.14. The predicted octanol–water partition coefficient (Wildman–Crippen LogP) is 0.582.